The Balaban J connectivity index is 2.09. The van der Waals surface area contributed by atoms with E-state index in [1.54, 1.807) is 6.07 Å². The molecule has 0 saturated carbocycles. The molecule has 3 rings (SSSR count). The molecule has 158 valence electrons. The number of benzene rings is 1. The zero-order valence-electron chi connectivity index (χ0n) is 16.7. The molecule has 1 fully saturated rings. The Bertz CT molecular complexity index is 1130. The number of nitrogens with one attached hydrogen (secondary N) is 1. The lowest BCUT2D eigenvalue weighted by Gasteiger charge is -2.34. The largest absolute Gasteiger partial charge is 0.377 e. The number of hydrogen-bond donors (Lipinski definition) is 1. The smallest absolute Gasteiger partial charge is 0.292 e. The third kappa shape index (κ3) is 5.19. The molecular weight excluding hydrogens is 410 g/mol. The summed E-state index contributed by atoms with van der Waals surface area (Å²) in [6, 6.07) is 7.57. The third-order valence-corrected chi connectivity index (χ3v) is 4.87. The molecule has 0 aliphatic carbocycles. The molecule has 1 atom stereocenters. The number of nitro benzene ring substituents is 1. The Labute approximate surface area is 174 Å². The first-order chi connectivity index (χ1) is 14.2. The molecule has 1 aliphatic heterocycles. The maximum atomic E-state index is 12.2. The minimum absolute atomic E-state index is 0.0400. The van der Waals surface area contributed by atoms with Crippen LogP contribution in [0.1, 0.15) is 12.5 Å². The van der Waals surface area contributed by atoms with E-state index in [1.807, 2.05) is 17.9 Å². The molecule has 0 amide bonds. The van der Waals surface area contributed by atoms with Crippen LogP contribution in [0.5, 0.6) is 0 Å². The van der Waals surface area contributed by atoms with Crippen LogP contribution in [0.25, 0.3) is 0 Å². The Hall–Kier alpha value is -3.30. The average molecular weight is 431 g/mol. The summed E-state index contributed by atoms with van der Waals surface area (Å²) in [5.41, 5.74) is 0.0954. The number of nitro groups is 1. The third-order valence-electron chi connectivity index (χ3n) is 4.24. The van der Waals surface area contributed by atoms with Crippen molar-refractivity contribution in [2.45, 2.75) is 13.0 Å². The lowest BCUT2D eigenvalue weighted by Crippen LogP contribution is -2.44. The molecular formula is C18H21N7O4S. The molecule has 1 aliphatic rings. The topological polar surface area (TPSA) is 147 Å². The summed E-state index contributed by atoms with van der Waals surface area (Å²) in [6.07, 6.45) is 2.97. The summed E-state index contributed by atoms with van der Waals surface area (Å²) in [6.45, 7) is 3.62. The van der Waals surface area contributed by atoms with Crippen molar-refractivity contribution in [3.05, 3.63) is 39.9 Å². The summed E-state index contributed by atoms with van der Waals surface area (Å²) in [4.78, 5) is 21.6. The lowest BCUT2D eigenvalue weighted by atomic mass is 10.2. The fraction of sp³-hybridized carbons (Fsp3) is 0.389. The van der Waals surface area contributed by atoms with Gasteiger partial charge in [-0.2, -0.15) is 19.6 Å². The average Bonchev–Trinajstić information content (AvgIpc) is 2.66. The molecule has 12 heteroatoms. The predicted octanol–water partition coefficient (Wildman–Crippen LogP) is 2.58. The van der Waals surface area contributed by atoms with Crippen molar-refractivity contribution < 1.29 is 13.9 Å². The molecule has 30 heavy (non-hydrogen) atoms. The Morgan fingerprint density at radius 1 is 1.40 bits per heavy atom. The highest BCUT2D eigenvalue weighted by atomic mass is 32.2. The van der Waals surface area contributed by atoms with Crippen molar-refractivity contribution in [2.75, 3.05) is 42.5 Å². The highest BCUT2D eigenvalue weighted by Gasteiger charge is 2.23. The number of morpholine rings is 1. The van der Waals surface area contributed by atoms with Gasteiger partial charge < -0.3 is 15.0 Å². The van der Waals surface area contributed by atoms with E-state index in [9.17, 15) is 14.3 Å². The number of anilines is 3. The fourth-order valence-corrected chi connectivity index (χ4v) is 3.49. The second kappa shape index (κ2) is 8.60. The Morgan fingerprint density at radius 3 is 2.80 bits per heavy atom. The van der Waals surface area contributed by atoms with Gasteiger partial charge >= 0.3 is 0 Å². The molecule has 2 aromatic rings. The van der Waals surface area contributed by atoms with Gasteiger partial charge in [0.2, 0.25) is 5.95 Å². The van der Waals surface area contributed by atoms with Gasteiger partial charge in [-0.05, 0) is 19.1 Å². The van der Waals surface area contributed by atoms with Crippen molar-refractivity contribution in [3.8, 4) is 6.07 Å². The van der Waals surface area contributed by atoms with Crippen LogP contribution in [0, 0.1) is 21.4 Å². The van der Waals surface area contributed by atoms with Gasteiger partial charge in [-0.15, -0.1) is 0 Å². The molecule has 1 N–H and O–H groups in total. The highest BCUT2D eigenvalue weighted by Crippen LogP contribution is 2.30. The minimum atomic E-state index is -2.50. The summed E-state index contributed by atoms with van der Waals surface area (Å²) < 4.78 is 21.8. The van der Waals surface area contributed by atoms with Crippen LogP contribution in [-0.2, 0) is 14.5 Å². The van der Waals surface area contributed by atoms with Crippen LogP contribution >= 0.6 is 0 Å². The summed E-state index contributed by atoms with van der Waals surface area (Å²) in [5.74, 6) is 0.770. The summed E-state index contributed by atoms with van der Waals surface area (Å²) in [7, 11) is -2.50. The zero-order valence-corrected chi connectivity index (χ0v) is 17.5. The number of rotatable bonds is 5. The van der Waals surface area contributed by atoms with Crippen LogP contribution < -0.4 is 10.2 Å². The number of nitrogens with zero attached hydrogens (tertiary/aromatic N) is 6. The minimum Gasteiger partial charge on any atom is -0.377 e. The molecule has 1 aromatic carbocycles. The first-order valence-electron chi connectivity index (χ1n) is 9.02. The van der Waals surface area contributed by atoms with E-state index in [0.29, 0.717) is 25.6 Å². The lowest BCUT2D eigenvalue weighted by molar-refractivity contribution is -0.383. The van der Waals surface area contributed by atoms with E-state index in [-0.39, 0.29) is 34.7 Å². The van der Waals surface area contributed by atoms with Gasteiger partial charge in [-0.1, -0.05) is 0 Å². The standard InChI is InChI=1S/C18H21N7O4S/c1-12-11-29-7-6-24(12)17-9-16(23-30(2,3)28)21-18(22-17)20-14-8-13(10-19)4-5-15(14)25(26)27/h4-5,8-9,12H,6-7,11H2,1-3H3,(H,20,21,22)/t12-/m1/s1. The molecule has 0 spiro atoms. The first-order valence-corrected chi connectivity index (χ1v) is 11.4. The Morgan fingerprint density at radius 2 is 2.17 bits per heavy atom. The summed E-state index contributed by atoms with van der Waals surface area (Å²) in [5, 5.41) is 23.3. The van der Waals surface area contributed by atoms with Crippen LogP contribution in [0.3, 0.4) is 0 Å². The van der Waals surface area contributed by atoms with E-state index in [0.717, 1.165) is 0 Å². The molecule has 0 bridgehead atoms. The fourth-order valence-electron chi connectivity index (χ4n) is 2.95. The van der Waals surface area contributed by atoms with Crippen molar-refractivity contribution in [3.63, 3.8) is 0 Å². The van der Waals surface area contributed by atoms with Gasteiger partial charge in [0.05, 0.1) is 35.8 Å². The number of hydrogen-bond acceptors (Lipinski definition) is 10. The van der Waals surface area contributed by atoms with Crippen LogP contribution in [0.2, 0.25) is 0 Å². The normalized spacial score (nSPS) is 16.6. The molecule has 0 radical (unpaired) electrons. The molecule has 1 aromatic heterocycles. The SMILES string of the molecule is C[C@@H]1COCCN1c1cc(N=S(C)(C)=O)nc(Nc2cc(C#N)ccc2[N+](=O)[O-])n1. The highest BCUT2D eigenvalue weighted by molar-refractivity contribution is 7.92. The molecule has 11 nitrogen and oxygen atoms in total. The molecule has 0 unspecified atom stereocenters. The van der Waals surface area contributed by atoms with E-state index >= 15 is 0 Å². The quantitative estimate of drug-likeness (QED) is 0.557. The van der Waals surface area contributed by atoms with Crippen LogP contribution in [0.15, 0.2) is 28.6 Å². The van der Waals surface area contributed by atoms with E-state index in [1.165, 1.54) is 30.7 Å². The second-order valence-electron chi connectivity index (χ2n) is 7.02. The van der Waals surface area contributed by atoms with Crippen molar-refractivity contribution >= 4 is 38.7 Å². The monoisotopic (exact) mass is 431 g/mol. The maximum Gasteiger partial charge on any atom is 0.292 e. The molecule has 2 heterocycles. The molecule has 1 saturated heterocycles. The van der Waals surface area contributed by atoms with Gasteiger partial charge in [0.25, 0.3) is 5.69 Å². The van der Waals surface area contributed by atoms with E-state index in [4.69, 9.17) is 10.00 Å². The first kappa shape index (κ1) is 21.4. The number of aromatic nitrogens is 2. The van der Waals surface area contributed by atoms with Crippen molar-refractivity contribution in [1.29, 1.82) is 5.26 Å². The van der Waals surface area contributed by atoms with Gasteiger partial charge in [0, 0.05) is 40.9 Å². The number of ether oxygens (including phenoxy) is 1. The zero-order chi connectivity index (χ0) is 21.9. The second-order valence-corrected chi connectivity index (χ2v) is 9.57. The van der Waals surface area contributed by atoms with E-state index < -0.39 is 14.7 Å². The van der Waals surface area contributed by atoms with Gasteiger partial charge in [0.15, 0.2) is 5.82 Å². The summed E-state index contributed by atoms with van der Waals surface area (Å²) >= 11 is 0. The van der Waals surface area contributed by atoms with Crippen molar-refractivity contribution in [1.82, 2.24) is 9.97 Å². The van der Waals surface area contributed by atoms with Crippen molar-refractivity contribution in [2.24, 2.45) is 4.36 Å². The maximum absolute atomic E-state index is 12.2. The Kier molecular flexibility index (Phi) is 6.14. The van der Waals surface area contributed by atoms with E-state index in [2.05, 4.69) is 19.6 Å². The number of nitriles is 1. The van der Waals surface area contributed by atoms with Crippen LogP contribution in [0.4, 0.5) is 29.0 Å². The van der Waals surface area contributed by atoms with Crippen LogP contribution in [-0.4, -0.2) is 57.4 Å². The van der Waals surface area contributed by atoms with Gasteiger partial charge in [-0.25, -0.2) is 4.21 Å². The van der Waals surface area contributed by atoms with Gasteiger partial charge in [0.1, 0.15) is 11.5 Å². The van der Waals surface area contributed by atoms with Gasteiger partial charge in [-0.3, -0.25) is 10.1 Å². The predicted molar refractivity (Wildman–Crippen MR) is 113 cm³/mol.